The van der Waals surface area contributed by atoms with E-state index in [2.05, 4.69) is 25.7 Å². The molecule has 1 saturated heterocycles. The summed E-state index contributed by atoms with van der Waals surface area (Å²) in [4.78, 5) is 2.60. The predicted octanol–water partition coefficient (Wildman–Crippen LogP) is 4.18. The molecule has 0 bridgehead atoms. The third-order valence-corrected chi connectivity index (χ3v) is 2.78. The Morgan fingerprint density at radius 2 is 1.64 bits per heavy atom. The van der Waals surface area contributed by atoms with E-state index < -0.39 is 0 Å². The second-order valence-corrected chi connectivity index (χ2v) is 4.17. The van der Waals surface area contributed by atoms with E-state index in [1.54, 1.807) is 0 Å². The first-order valence-corrected chi connectivity index (χ1v) is 5.94. The highest BCUT2D eigenvalue weighted by Crippen LogP contribution is 2.17. The first-order chi connectivity index (χ1) is 6.20. The van der Waals surface area contributed by atoms with Gasteiger partial charge in [-0.3, -0.25) is 0 Å². The van der Waals surface area contributed by atoms with Gasteiger partial charge in [0.15, 0.2) is 0 Å². The molecule has 14 heavy (non-hydrogen) atoms. The van der Waals surface area contributed by atoms with Crippen LogP contribution in [0.3, 0.4) is 0 Å². The van der Waals surface area contributed by atoms with Gasteiger partial charge in [0.25, 0.3) is 0 Å². The fourth-order valence-corrected chi connectivity index (χ4v) is 1.80. The minimum atomic E-state index is 0. The second kappa shape index (κ2) is 9.51. The summed E-state index contributed by atoms with van der Waals surface area (Å²) in [7, 11) is 0. The standard InChI is InChI=1S/C10H21N.C2H6.CH4/c1-9(2)11-7-4-5-10(3)6-8-11;1-2;/h9-10H,4-8H2,1-3H3;1-2H3;1H4. The quantitative estimate of drug-likeness (QED) is 0.615. The minimum Gasteiger partial charge on any atom is -0.301 e. The van der Waals surface area contributed by atoms with Crippen LogP contribution < -0.4 is 0 Å². The monoisotopic (exact) mass is 201 g/mol. The lowest BCUT2D eigenvalue weighted by Gasteiger charge is -2.24. The average molecular weight is 201 g/mol. The molecule has 0 spiro atoms. The van der Waals surface area contributed by atoms with Gasteiger partial charge in [-0.05, 0) is 52.1 Å². The molecule has 1 heterocycles. The highest BCUT2D eigenvalue weighted by Gasteiger charge is 2.14. The number of rotatable bonds is 1. The van der Waals surface area contributed by atoms with Crippen molar-refractivity contribution in [3.63, 3.8) is 0 Å². The first kappa shape index (κ1) is 16.4. The summed E-state index contributed by atoms with van der Waals surface area (Å²) in [6.45, 7) is 13.6. The number of likely N-dealkylation sites (tertiary alicyclic amines) is 1. The van der Waals surface area contributed by atoms with Gasteiger partial charge >= 0.3 is 0 Å². The summed E-state index contributed by atoms with van der Waals surface area (Å²) < 4.78 is 0. The van der Waals surface area contributed by atoms with Gasteiger partial charge < -0.3 is 4.90 Å². The van der Waals surface area contributed by atoms with Gasteiger partial charge in [0, 0.05) is 6.04 Å². The molecular formula is C13H31N. The summed E-state index contributed by atoms with van der Waals surface area (Å²) in [6, 6.07) is 0.750. The van der Waals surface area contributed by atoms with Gasteiger partial charge in [0.05, 0.1) is 0 Å². The van der Waals surface area contributed by atoms with Crippen LogP contribution in [-0.4, -0.2) is 24.0 Å². The Hall–Kier alpha value is -0.0400. The third kappa shape index (κ3) is 6.42. The molecular weight excluding hydrogens is 170 g/mol. The summed E-state index contributed by atoms with van der Waals surface area (Å²) in [6.07, 6.45) is 4.24. The molecule has 1 atom stereocenters. The number of nitrogens with zero attached hydrogens (tertiary/aromatic N) is 1. The van der Waals surface area contributed by atoms with Crippen LogP contribution in [0.4, 0.5) is 0 Å². The van der Waals surface area contributed by atoms with Gasteiger partial charge in [-0.2, -0.15) is 0 Å². The second-order valence-electron chi connectivity index (χ2n) is 4.17. The third-order valence-electron chi connectivity index (χ3n) is 2.78. The number of hydrogen-bond acceptors (Lipinski definition) is 1. The SMILES string of the molecule is C.CC.CC1CCCN(C(C)C)CC1. The van der Waals surface area contributed by atoms with E-state index in [0.717, 1.165) is 12.0 Å². The van der Waals surface area contributed by atoms with Crippen molar-refractivity contribution in [2.24, 2.45) is 5.92 Å². The molecule has 1 fully saturated rings. The molecule has 0 aromatic rings. The van der Waals surface area contributed by atoms with Crippen molar-refractivity contribution < 1.29 is 0 Å². The fraction of sp³-hybridized carbons (Fsp3) is 1.00. The molecule has 0 aliphatic carbocycles. The molecule has 0 amide bonds. The Bertz CT molecular complexity index is 110. The Morgan fingerprint density at radius 3 is 2.14 bits per heavy atom. The van der Waals surface area contributed by atoms with Crippen molar-refractivity contribution in [2.75, 3.05) is 13.1 Å². The molecule has 1 unspecified atom stereocenters. The van der Waals surface area contributed by atoms with Crippen LogP contribution in [-0.2, 0) is 0 Å². The van der Waals surface area contributed by atoms with E-state index in [1.165, 1.54) is 32.4 Å². The van der Waals surface area contributed by atoms with Crippen molar-refractivity contribution in [3.05, 3.63) is 0 Å². The fourth-order valence-electron chi connectivity index (χ4n) is 1.80. The van der Waals surface area contributed by atoms with Crippen LogP contribution in [0.2, 0.25) is 0 Å². The van der Waals surface area contributed by atoms with Crippen molar-refractivity contribution in [2.45, 2.75) is 67.3 Å². The zero-order chi connectivity index (χ0) is 10.3. The molecule has 0 radical (unpaired) electrons. The lowest BCUT2D eigenvalue weighted by Crippen LogP contribution is -2.31. The van der Waals surface area contributed by atoms with Gasteiger partial charge in [-0.25, -0.2) is 0 Å². The van der Waals surface area contributed by atoms with Gasteiger partial charge in [-0.1, -0.05) is 28.2 Å². The van der Waals surface area contributed by atoms with Gasteiger partial charge in [0.2, 0.25) is 0 Å². The maximum Gasteiger partial charge on any atom is 0.00385 e. The van der Waals surface area contributed by atoms with E-state index in [0.29, 0.717) is 0 Å². The van der Waals surface area contributed by atoms with Gasteiger partial charge in [-0.15, -0.1) is 0 Å². The maximum atomic E-state index is 2.60. The highest BCUT2D eigenvalue weighted by atomic mass is 15.1. The minimum absolute atomic E-state index is 0. The Labute approximate surface area is 91.9 Å². The van der Waals surface area contributed by atoms with Crippen molar-refractivity contribution >= 4 is 0 Å². The Morgan fingerprint density at radius 1 is 1.07 bits per heavy atom. The van der Waals surface area contributed by atoms with E-state index in [-0.39, 0.29) is 7.43 Å². The molecule has 1 aliphatic rings. The largest absolute Gasteiger partial charge is 0.301 e. The van der Waals surface area contributed by atoms with Crippen LogP contribution in [0.1, 0.15) is 61.3 Å². The zero-order valence-corrected chi connectivity index (χ0v) is 10.1. The lowest BCUT2D eigenvalue weighted by molar-refractivity contribution is 0.228. The van der Waals surface area contributed by atoms with Gasteiger partial charge in [0.1, 0.15) is 0 Å². The van der Waals surface area contributed by atoms with Crippen LogP contribution in [0.15, 0.2) is 0 Å². The van der Waals surface area contributed by atoms with Crippen LogP contribution in [0, 0.1) is 5.92 Å². The van der Waals surface area contributed by atoms with Crippen LogP contribution in [0.5, 0.6) is 0 Å². The molecule has 88 valence electrons. The molecule has 0 aromatic heterocycles. The van der Waals surface area contributed by atoms with Crippen LogP contribution in [0.25, 0.3) is 0 Å². The normalized spacial score (nSPS) is 23.1. The lowest BCUT2D eigenvalue weighted by atomic mass is 10.0. The number of hydrogen-bond donors (Lipinski definition) is 0. The summed E-state index contributed by atoms with van der Waals surface area (Å²) in [5, 5.41) is 0. The molecule has 1 aliphatic heterocycles. The molecule has 0 N–H and O–H groups in total. The first-order valence-electron chi connectivity index (χ1n) is 5.94. The summed E-state index contributed by atoms with van der Waals surface area (Å²) in [5.41, 5.74) is 0. The maximum absolute atomic E-state index is 2.60. The summed E-state index contributed by atoms with van der Waals surface area (Å²) in [5.74, 6) is 0.957. The molecule has 1 nitrogen and oxygen atoms in total. The Kier molecular flexibility index (Phi) is 11.1. The zero-order valence-electron chi connectivity index (χ0n) is 10.1. The topological polar surface area (TPSA) is 3.24 Å². The van der Waals surface area contributed by atoms with Crippen LogP contribution >= 0.6 is 0 Å². The van der Waals surface area contributed by atoms with E-state index in [9.17, 15) is 0 Å². The molecule has 1 rings (SSSR count). The predicted molar refractivity (Wildman–Crippen MR) is 67.8 cm³/mol. The van der Waals surface area contributed by atoms with E-state index in [1.807, 2.05) is 13.8 Å². The molecule has 0 aromatic carbocycles. The van der Waals surface area contributed by atoms with Crippen molar-refractivity contribution in [1.82, 2.24) is 4.90 Å². The summed E-state index contributed by atoms with van der Waals surface area (Å²) >= 11 is 0. The average Bonchev–Trinajstić information content (AvgIpc) is 2.33. The Balaban J connectivity index is 0. The van der Waals surface area contributed by atoms with E-state index in [4.69, 9.17) is 0 Å². The van der Waals surface area contributed by atoms with E-state index >= 15 is 0 Å². The highest BCUT2D eigenvalue weighted by molar-refractivity contribution is 4.69. The molecule has 0 saturated carbocycles. The molecule has 1 heteroatoms. The van der Waals surface area contributed by atoms with Crippen molar-refractivity contribution in [3.8, 4) is 0 Å². The van der Waals surface area contributed by atoms with Crippen molar-refractivity contribution in [1.29, 1.82) is 0 Å². The smallest absolute Gasteiger partial charge is 0.00385 e.